The van der Waals surface area contributed by atoms with Gasteiger partial charge in [0.15, 0.2) is 0 Å². The molecule has 0 bridgehead atoms. The summed E-state index contributed by atoms with van der Waals surface area (Å²) in [5.41, 5.74) is 2.73. The maximum Gasteiger partial charge on any atom is 0 e. The molecule has 0 aliphatic carbocycles. The van der Waals surface area contributed by atoms with Gasteiger partial charge in [-0.3, -0.25) is 0 Å². The Morgan fingerprint density at radius 2 is 1.09 bits per heavy atom. The van der Waals surface area contributed by atoms with E-state index in [0.717, 1.165) is 0 Å². The first-order chi connectivity index (χ1) is 9.71. The Hall–Kier alpha value is -0.468. The Bertz CT molecular complexity index is 577. The molecule has 0 nitrogen and oxygen atoms in total. The van der Waals surface area contributed by atoms with E-state index in [1.165, 1.54) is 16.4 Å². The second-order valence-electron chi connectivity index (χ2n) is 7.56. The molecule has 2 aromatic carbocycles. The average Bonchev–Trinajstić information content (AvgIpc) is 2.37. The Morgan fingerprint density at radius 1 is 0.636 bits per heavy atom. The average molecular weight is 405 g/mol. The van der Waals surface area contributed by atoms with Gasteiger partial charge in [0.1, 0.15) is 0 Å². The standard InChI is InChI=1S/C20H27P.Pd/c1-19(2,3)21(20(4,5)6)18-15-11-10-14-17(18)16-12-8-7-9-13-16;/h7-15H,1-6H3;. The molecule has 122 valence electrons. The largest absolute Gasteiger partial charge is 0.0636 e. The molecule has 0 atom stereocenters. The van der Waals surface area contributed by atoms with Gasteiger partial charge in [-0.05, 0) is 26.7 Å². The van der Waals surface area contributed by atoms with Gasteiger partial charge in [0.25, 0.3) is 0 Å². The van der Waals surface area contributed by atoms with Crippen LogP contribution in [-0.2, 0) is 20.4 Å². The molecule has 2 heteroatoms. The molecule has 0 fully saturated rings. The molecule has 0 aromatic heterocycles. The van der Waals surface area contributed by atoms with Crippen molar-refractivity contribution in [3.63, 3.8) is 0 Å². The van der Waals surface area contributed by atoms with Crippen molar-refractivity contribution in [2.75, 3.05) is 0 Å². The monoisotopic (exact) mass is 404 g/mol. The summed E-state index contributed by atoms with van der Waals surface area (Å²) in [6, 6.07) is 19.7. The molecule has 0 unspecified atom stereocenters. The van der Waals surface area contributed by atoms with E-state index in [9.17, 15) is 0 Å². The summed E-state index contributed by atoms with van der Waals surface area (Å²) in [6.07, 6.45) is 0. The van der Waals surface area contributed by atoms with Crippen LogP contribution in [0, 0.1) is 0 Å². The van der Waals surface area contributed by atoms with Crippen LogP contribution in [0.15, 0.2) is 54.6 Å². The van der Waals surface area contributed by atoms with Crippen LogP contribution < -0.4 is 5.30 Å². The van der Waals surface area contributed by atoms with Crippen molar-refractivity contribution in [3.8, 4) is 11.1 Å². The van der Waals surface area contributed by atoms with E-state index >= 15 is 0 Å². The van der Waals surface area contributed by atoms with Gasteiger partial charge in [0.2, 0.25) is 0 Å². The van der Waals surface area contributed by atoms with Crippen LogP contribution in [-0.4, -0.2) is 10.3 Å². The summed E-state index contributed by atoms with van der Waals surface area (Å²) < 4.78 is 0. The maximum atomic E-state index is 2.38. The van der Waals surface area contributed by atoms with Crippen molar-refractivity contribution in [2.24, 2.45) is 0 Å². The Balaban J connectivity index is 0.00000242. The SMILES string of the molecule is CC(C)(C)P(c1ccccc1-c1ccccc1)C(C)(C)C.[Pd]. The fourth-order valence-corrected chi connectivity index (χ4v) is 7.40. The minimum Gasteiger partial charge on any atom is -0.0636 e. The number of hydrogen-bond acceptors (Lipinski definition) is 0. The van der Waals surface area contributed by atoms with Crippen LogP contribution in [0.5, 0.6) is 0 Å². The maximum absolute atomic E-state index is 2.38. The Labute approximate surface area is 151 Å². The van der Waals surface area contributed by atoms with Gasteiger partial charge in [-0.1, -0.05) is 104 Å². The van der Waals surface area contributed by atoms with Crippen LogP contribution in [0.25, 0.3) is 11.1 Å². The van der Waals surface area contributed by atoms with Gasteiger partial charge < -0.3 is 0 Å². The predicted octanol–water partition coefficient (Wildman–Crippen LogP) is 6.06. The van der Waals surface area contributed by atoms with Crippen molar-refractivity contribution >= 4 is 13.2 Å². The molecule has 22 heavy (non-hydrogen) atoms. The van der Waals surface area contributed by atoms with Gasteiger partial charge in [0, 0.05) is 20.4 Å². The van der Waals surface area contributed by atoms with Crippen molar-refractivity contribution in [1.29, 1.82) is 0 Å². The zero-order chi connectivity index (χ0) is 15.7. The molecular weight excluding hydrogens is 378 g/mol. The van der Waals surface area contributed by atoms with E-state index in [4.69, 9.17) is 0 Å². The van der Waals surface area contributed by atoms with E-state index in [0.29, 0.717) is 10.3 Å². The topological polar surface area (TPSA) is 0 Å². The van der Waals surface area contributed by atoms with E-state index in [1.54, 1.807) is 0 Å². The second kappa shape index (κ2) is 7.40. The van der Waals surface area contributed by atoms with E-state index in [1.807, 2.05) is 0 Å². The first-order valence-corrected chi connectivity index (χ1v) is 9.00. The van der Waals surface area contributed by atoms with Crippen LogP contribution in [0.1, 0.15) is 41.5 Å². The van der Waals surface area contributed by atoms with Crippen molar-refractivity contribution in [2.45, 2.75) is 51.9 Å². The van der Waals surface area contributed by atoms with Crippen LogP contribution in [0.4, 0.5) is 0 Å². The van der Waals surface area contributed by atoms with E-state index in [-0.39, 0.29) is 28.3 Å². The van der Waals surface area contributed by atoms with Crippen LogP contribution in [0.3, 0.4) is 0 Å². The molecule has 0 spiro atoms. The molecule has 0 radical (unpaired) electrons. The van der Waals surface area contributed by atoms with Crippen molar-refractivity contribution in [1.82, 2.24) is 0 Å². The molecule has 0 aliphatic heterocycles. The normalized spacial score (nSPS) is 12.1. The minimum atomic E-state index is -0.282. The smallest absolute Gasteiger partial charge is 0 e. The number of benzene rings is 2. The summed E-state index contributed by atoms with van der Waals surface area (Å²) in [7, 11) is -0.282. The number of hydrogen-bond donors (Lipinski definition) is 0. The van der Waals surface area contributed by atoms with Gasteiger partial charge in [0.05, 0.1) is 0 Å². The molecular formula is C20H27PPd. The van der Waals surface area contributed by atoms with Crippen molar-refractivity contribution < 1.29 is 20.4 Å². The first-order valence-electron chi connectivity index (χ1n) is 7.66. The zero-order valence-corrected chi connectivity index (χ0v) is 16.9. The molecule has 0 aliphatic rings. The van der Waals surface area contributed by atoms with Gasteiger partial charge in [-0.15, -0.1) is 0 Å². The molecule has 2 aromatic rings. The predicted molar refractivity (Wildman–Crippen MR) is 97.9 cm³/mol. The molecule has 0 N–H and O–H groups in total. The molecule has 0 amide bonds. The Morgan fingerprint density at radius 3 is 1.59 bits per heavy atom. The molecule has 2 rings (SSSR count). The molecule has 0 saturated heterocycles. The minimum absolute atomic E-state index is 0. The Kier molecular flexibility index (Phi) is 6.59. The number of rotatable bonds is 2. The van der Waals surface area contributed by atoms with Crippen molar-refractivity contribution in [3.05, 3.63) is 54.6 Å². The quantitative estimate of drug-likeness (QED) is 0.422. The summed E-state index contributed by atoms with van der Waals surface area (Å²) in [4.78, 5) is 0. The first kappa shape index (κ1) is 19.6. The fraction of sp³-hybridized carbons (Fsp3) is 0.400. The van der Waals surface area contributed by atoms with Gasteiger partial charge in [-0.25, -0.2) is 0 Å². The fourth-order valence-electron chi connectivity index (χ4n) is 3.26. The van der Waals surface area contributed by atoms with E-state index < -0.39 is 0 Å². The molecule has 0 saturated carbocycles. The summed E-state index contributed by atoms with van der Waals surface area (Å²) in [6.45, 7) is 14.3. The summed E-state index contributed by atoms with van der Waals surface area (Å²) in [5, 5.41) is 2.11. The third kappa shape index (κ3) is 4.52. The van der Waals surface area contributed by atoms with Crippen LogP contribution >= 0.6 is 7.92 Å². The van der Waals surface area contributed by atoms with E-state index in [2.05, 4.69) is 96.1 Å². The summed E-state index contributed by atoms with van der Waals surface area (Å²) in [5.74, 6) is 0. The third-order valence-corrected chi connectivity index (χ3v) is 7.13. The molecule has 0 heterocycles. The third-order valence-electron chi connectivity index (χ3n) is 3.57. The van der Waals surface area contributed by atoms with Gasteiger partial charge >= 0.3 is 0 Å². The van der Waals surface area contributed by atoms with Crippen LogP contribution in [0.2, 0.25) is 0 Å². The zero-order valence-electron chi connectivity index (χ0n) is 14.5. The summed E-state index contributed by atoms with van der Waals surface area (Å²) >= 11 is 0. The van der Waals surface area contributed by atoms with Gasteiger partial charge in [-0.2, -0.15) is 0 Å². The second-order valence-corrected chi connectivity index (χ2v) is 11.4.